The Labute approximate surface area is 161 Å². The van der Waals surface area contributed by atoms with E-state index in [9.17, 15) is 9.18 Å². The molecule has 0 aliphatic heterocycles. The molecule has 1 saturated carbocycles. The summed E-state index contributed by atoms with van der Waals surface area (Å²) in [6.07, 6.45) is 2.57. The Hall–Kier alpha value is -2.20. The molecule has 3 nitrogen and oxygen atoms in total. The maximum Gasteiger partial charge on any atom is 0.230 e. The van der Waals surface area contributed by atoms with Crippen molar-refractivity contribution < 1.29 is 9.18 Å². The predicted octanol–water partition coefficient (Wildman–Crippen LogP) is 3.93. The number of hydrogen-bond donors (Lipinski definition) is 1. The first-order chi connectivity index (χ1) is 13.1. The molecule has 0 bridgehead atoms. The van der Waals surface area contributed by atoms with Crippen molar-refractivity contribution in [1.29, 1.82) is 0 Å². The van der Waals surface area contributed by atoms with Crippen molar-refractivity contribution in [2.45, 2.75) is 44.6 Å². The second-order valence-corrected chi connectivity index (χ2v) is 7.36. The van der Waals surface area contributed by atoms with Crippen LogP contribution in [0, 0.1) is 5.82 Å². The normalized spacial score (nSPS) is 16.1. The number of carbonyl (C=O) groups excluding carboxylic acids is 1. The van der Waals surface area contributed by atoms with Gasteiger partial charge in [-0.05, 0) is 55.6 Å². The molecule has 1 aliphatic rings. The number of likely N-dealkylation sites (N-methyl/N-ethyl adjacent to an activating group) is 1. The molecular weight excluding hydrogens is 339 g/mol. The monoisotopic (exact) mass is 368 g/mol. The molecule has 1 N–H and O–H groups in total. The minimum Gasteiger partial charge on any atom is -0.354 e. The minimum absolute atomic E-state index is 0.0688. The molecule has 1 atom stereocenters. The van der Waals surface area contributed by atoms with Gasteiger partial charge in [0.1, 0.15) is 5.82 Å². The fourth-order valence-corrected chi connectivity index (χ4v) is 3.88. The second kappa shape index (κ2) is 8.66. The van der Waals surface area contributed by atoms with Crippen molar-refractivity contribution in [2.24, 2.45) is 0 Å². The fraction of sp³-hybridized carbons (Fsp3) is 0.435. The third kappa shape index (κ3) is 4.56. The van der Waals surface area contributed by atoms with Gasteiger partial charge in [0.05, 0.1) is 5.41 Å². The van der Waals surface area contributed by atoms with Gasteiger partial charge < -0.3 is 5.32 Å². The Balaban J connectivity index is 1.67. The molecule has 1 aliphatic carbocycles. The van der Waals surface area contributed by atoms with Crippen LogP contribution < -0.4 is 5.32 Å². The molecule has 27 heavy (non-hydrogen) atoms. The van der Waals surface area contributed by atoms with Crippen LogP contribution in [0.1, 0.15) is 37.8 Å². The summed E-state index contributed by atoms with van der Waals surface area (Å²) in [6.45, 7) is 6.84. The van der Waals surface area contributed by atoms with Gasteiger partial charge in [0.25, 0.3) is 0 Å². The Morgan fingerprint density at radius 1 is 1.07 bits per heavy atom. The highest BCUT2D eigenvalue weighted by Crippen LogP contribution is 2.48. The maximum atomic E-state index is 13.2. The average Bonchev–Trinajstić information content (AvgIpc) is 3.50. The molecule has 0 aromatic heterocycles. The zero-order chi connectivity index (χ0) is 19.3. The SMILES string of the molecule is CCN(CC)C(CNC(=O)C1(c2ccc(F)cc2)CC1)Cc1ccccc1. The lowest BCUT2D eigenvalue weighted by Gasteiger charge is -2.30. The molecule has 2 aromatic carbocycles. The second-order valence-electron chi connectivity index (χ2n) is 7.36. The summed E-state index contributed by atoms with van der Waals surface area (Å²) in [5.41, 5.74) is 1.74. The van der Waals surface area contributed by atoms with Crippen molar-refractivity contribution in [3.05, 3.63) is 71.5 Å². The van der Waals surface area contributed by atoms with Gasteiger partial charge in [0.2, 0.25) is 5.91 Å². The van der Waals surface area contributed by atoms with Crippen LogP contribution in [0.25, 0.3) is 0 Å². The number of benzene rings is 2. The third-order valence-electron chi connectivity index (χ3n) is 5.72. The highest BCUT2D eigenvalue weighted by Gasteiger charge is 2.51. The van der Waals surface area contributed by atoms with Gasteiger partial charge >= 0.3 is 0 Å². The van der Waals surface area contributed by atoms with Gasteiger partial charge in [-0.25, -0.2) is 4.39 Å². The standard InChI is InChI=1S/C23H29FN2O/c1-3-26(4-2)21(16-18-8-6-5-7-9-18)17-25-22(27)23(14-15-23)19-10-12-20(24)13-11-19/h5-13,21H,3-4,14-17H2,1-2H3,(H,25,27). The number of nitrogens with one attached hydrogen (secondary N) is 1. The van der Waals surface area contributed by atoms with Crippen LogP contribution in [0.15, 0.2) is 54.6 Å². The first-order valence-electron chi connectivity index (χ1n) is 9.91. The lowest BCUT2D eigenvalue weighted by atomic mass is 9.94. The Kier molecular flexibility index (Phi) is 6.27. The van der Waals surface area contributed by atoms with E-state index in [1.165, 1.54) is 17.7 Å². The largest absolute Gasteiger partial charge is 0.354 e. The number of nitrogens with zero attached hydrogens (tertiary/aromatic N) is 1. The minimum atomic E-state index is -0.464. The van der Waals surface area contributed by atoms with Gasteiger partial charge in [0, 0.05) is 12.6 Å². The molecule has 1 amide bonds. The van der Waals surface area contributed by atoms with Crippen molar-refractivity contribution in [2.75, 3.05) is 19.6 Å². The average molecular weight is 368 g/mol. The highest BCUT2D eigenvalue weighted by atomic mass is 19.1. The molecular formula is C23H29FN2O. The van der Waals surface area contributed by atoms with E-state index in [1.54, 1.807) is 12.1 Å². The molecule has 0 heterocycles. The van der Waals surface area contributed by atoms with Gasteiger partial charge in [-0.1, -0.05) is 56.3 Å². The van der Waals surface area contributed by atoms with E-state index in [4.69, 9.17) is 0 Å². The lowest BCUT2D eigenvalue weighted by molar-refractivity contribution is -0.123. The molecule has 0 saturated heterocycles. The predicted molar refractivity (Wildman–Crippen MR) is 107 cm³/mol. The van der Waals surface area contributed by atoms with E-state index in [2.05, 4.69) is 48.3 Å². The zero-order valence-corrected chi connectivity index (χ0v) is 16.2. The van der Waals surface area contributed by atoms with E-state index in [1.807, 2.05) is 6.07 Å². The topological polar surface area (TPSA) is 32.3 Å². The smallest absolute Gasteiger partial charge is 0.230 e. The van der Waals surface area contributed by atoms with Crippen LogP contribution in [0.3, 0.4) is 0 Å². The first-order valence-corrected chi connectivity index (χ1v) is 9.91. The van der Waals surface area contributed by atoms with Crippen LogP contribution in [0.4, 0.5) is 4.39 Å². The molecule has 144 valence electrons. The van der Waals surface area contributed by atoms with E-state index < -0.39 is 5.41 Å². The van der Waals surface area contributed by atoms with Crippen LogP contribution in [0.5, 0.6) is 0 Å². The molecule has 4 heteroatoms. The van der Waals surface area contributed by atoms with E-state index >= 15 is 0 Å². The summed E-state index contributed by atoms with van der Waals surface area (Å²) in [5.74, 6) is -0.196. The summed E-state index contributed by atoms with van der Waals surface area (Å²) in [7, 11) is 0. The highest BCUT2D eigenvalue weighted by molar-refractivity contribution is 5.91. The van der Waals surface area contributed by atoms with E-state index in [0.29, 0.717) is 6.54 Å². The van der Waals surface area contributed by atoms with E-state index in [-0.39, 0.29) is 17.8 Å². The summed E-state index contributed by atoms with van der Waals surface area (Å²) >= 11 is 0. The number of carbonyl (C=O) groups is 1. The summed E-state index contributed by atoms with van der Waals surface area (Å²) in [6, 6.07) is 17.0. The molecule has 1 unspecified atom stereocenters. The number of halogens is 1. The Morgan fingerprint density at radius 3 is 2.26 bits per heavy atom. The van der Waals surface area contributed by atoms with Gasteiger partial charge in [-0.15, -0.1) is 0 Å². The fourth-order valence-electron chi connectivity index (χ4n) is 3.88. The van der Waals surface area contributed by atoms with Crippen LogP contribution in [0.2, 0.25) is 0 Å². The van der Waals surface area contributed by atoms with Gasteiger partial charge in [-0.2, -0.15) is 0 Å². The molecule has 2 aromatic rings. The number of amides is 1. The van der Waals surface area contributed by atoms with Crippen molar-refractivity contribution in [1.82, 2.24) is 10.2 Å². The van der Waals surface area contributed by atoms with Crippen LogP contribution in [-0.4, -0.2) is 36.5 Å². The summed E-state index contributed by atoms with van der Waals surface area (Å²) in [5, 5.41) is 3.19. The summed E-state index contributed by atoms with van der Waals surface area (Å²) in [4.78, 5) is 15.3. The summed E-state index contributed by atoms with van der Waals surface area (Å²) < 4.78 is 13.2. The number of hydrogen-bond acceptors (Lipinski definition) is 2. The van der Waals surface area contributed by atoms with Crippen molar-refractivity contribution in [3.63, 3.8) is 0 Å². The lowest BCUT2D eigenvalue weighted by Crippen LogP contribution is -2.47. The van der Waals surface area contributed by atoms with E-state index in [0.717, 1.165) is 37.9 Å². The Morgan fingerprint density at radius 2 is 1.70 bits per heavy atom. The zero-order valence-electron chi connectivity index (χ0n) is 16.2. The van der Waals surface area contributed by atoms with Crippen LogP contribution >= 0.6 is 0 Å². The van der Waals surface area contributed by atoms with Gasteiger partial charge in [0.15, 0.2) is 0 Å². The van der Waals surface area contributed by atoms with Crippen LogP contribution in [-0.2, 0) is 16.6 Å². The number of rotatable bonds is 9. The quantitative estimate of drug-likeness (QED) is 0.727. The Bertz CT molecular complexity index is 737. The molecule has 0 spiro atoms. The third-order valence-corrected chi connectivity index (χ3v) is 5.72. The van der Waals surface area contributed by atoms with Crippen molar-refractivity contribution in [3.8, 4) is 0 Å². The molecule has 0 radical (unpaired) electrons. The molecule has 1 fully saturated rings. The molecule has 3 rings (SSSR count). The van der Waals surface area contributed by atoms with Gasteiger partial charge in [-0.3, -0.25) is 9.69 Å². The maximum absolute atomic E-state index is 13.2. The first kappa shape index (κ1) is 19.6. The van der Waals surface area contributed by atoms with Crippen molar-refractivity contribution >= 4 is 5.91 Å².